The highest BCUT2D eigenvalue weighted by molar-refractivity contribution is 9.10. The fraction of sp³-hybridized carbons (Fsp3) is 0.444. The molecule has 0 saturated carbocycles. The summed E-state index contributed by atoms with van der Waals surface area (Å²) in [5.41, 5.74) is 0. The Labute approximate surface area is 98.8 Å². The molecule has 1 nitrogen and oxygen atoms in total. The first kappa shape index (κ1) is 11.4. The van der Waals surface area contributed by atoms with Gasteiger partial charge >= 0.3 is 0 Å². The highest BCUT2D eigenvalue weighted by Crippen LogP contribution is 2.17. The van der Waals surface area contributed by atoms with E-state index in [0.717, 1.165) is 11.8 Å². The lowest BCUT2D eigenvalue weighted by molar-refractivity contribution is -0.118. The van der Waals surface area contributed by atoms with Crippen molar-refractivity contribution in [2.45, 2.75) is 17.7 Å². The predicted octanol–water partition coefficient (Wildman–Crippen LogP) is 3.41. The Hall–Kier alpha value is 0.330. The zero-order chi connectivity index (χ0) is 9.68. The average Bonchev–Trinajstić information content (AvgIpc) is 2.57. The SMILES string of the molecule is O=C(CCBr)C(Br)Cc1cccs1. The molecule has 0 amide bonds. The van der Waals surface area contributed by atoms with Gasteiger partial charge in [-0.15, -0.1) is 11.3 Å². The molecule has 1 unspecified atom stereocenters. The van der Waals surface area contributed by atoms with Crippen molar-refractivity contribution in [2.24, 2.45) is 0 Å². The van der Waals surface area contributed by atoms with Gasteiger partial charge in [-0.25, -0.2) is 0 Å². The normalized spacial score (nSPS) is 12.8. The van der Waals surface area contributed by atoms with E-state index >= 15 is 0 Å². The van der Waals surface area contributed by atoms with E-state index in [2.05, 4.69) is 37.9 Å². The van der Waals surface area contributed by atoms with Crippen molar-refractivity contribution in [1.29, 1.82) is 0 Å². The van der Waals surface area contributed by atoms with Gasteiger partial charge in [-0.1, -0.05) is 37.9 Å². The average molecular weight is 326 g/mol. The fourth-order valence-electron chi connectivity index (χ4n) is 0.969. The molecule has 0 saturated heterocycles. The maximum Gasteiger partial charge on any atom is 0.147 e. The van der Waals surface area contributed by atoms with E-state index in [1.807, 2.05) is 11.4 Å². The summed E-state index contributed by atoms with van der Waals surface area (Å²) in [6, 6.07) is 4.06. The smallest absolute Gasteiger partial charge is 0.147 e. The standard InChI is InChI=1S/C9H10Br2OS/c10-4-3-9(12)8(11)6-7-2-1-5-13-7/h1-2,5,8H,3-4,6H2. The van der Waals surface area contributed by atoms with E-state index < -0.39 is 0 Å². The van der Waals surface area contributed by atoms with Gasteiger partial charge in [0.1, 0.15) is 5.78 Å². The molecule has 1 aromatic heterocycles. The van der Waals surface area contributed by atoms with Crippen LogP contribution in [0.5, 0.6) is 0 Å². The molecule has 0 aliphatic carbocycles. The molecule has 1 rings (SSSR count). The van der Waals surface area contributed by atoms with Gasteiger partial charge in [0.15, 0.2) is 0 Å². The summed E-state index contributed by atoms with van der Waals surface area (Å²) >= 11 is 8.35. The van der Waals surface area contributed by atoms with Gasteiger partial charge in [0.25, 0.3) is 0 Å². The molecule has 1 aromatic rings. The van der Waals surface area contributed by atoms with Crippen LogP contribution in [0.25, 0.3) is 0 Å². The van der Waals surface area contributed by atoms with Crippen LogP contribution in [0, 0.1) is 0 Å². The molecule has 4 heteroatoms. The van der Waals surface area contributed by atoms with Crippen LogP contribution >= 0.6 is 43.2 Å². The van der Waals surface area contributed by atoms with Crippen molar-refractivity contribution in [3.8, 4) is 0 Å². The number of rotatable bonds is 5. The van der Waals surface area contributed by atoms with E-state index in [-0.39, 0.29) is 10.6 Å². The van der Waals surface area contributed by atoms with Crippen LogP contribution in [0.3, 0.4) is 0 Å². The monoisotopic (exact) mass is 324 g/mol. The second-order valence-electron chi connectivity index (χ2n) is 2.66. The molecule has 0 fully saturated rings. The zero-order valence-electron chi connectivity index (χ0n) is 7.00. The van der Waals surface area contributed by atoms with Crippen LogP contribution in [0.15, 0.2) is 17.5 Å². The molecular formula is C9H10Br2OS. The summed E-state index contributed by atoms with van der Waals surface area (Å²) in [7, 11) is 0. The van der Waals surface area contributed by atoms with Crippen LogP contribution in [0.4, 0.5) is 0 Å². The molecule has 1 atom stereocenters. The lowest BCUT2D eigenvalue weighted by atomic mass is 10.1. The minimum atomic E-state index is -0.0244. The van der Waals surface area contributed by atoms with Crippen molar-refractivity contribution in [1.82, 2.24) is 0 Å². The Morgan fingerprint density at radius 1 is 1.62 bits per heavy atom. The highest BCUT2D eigenvalue weighted by atomic mass is 79.9. The maximum absolute atomic E-state index is 11.4. The van der Waals surface area contributed by atoms with E-state index in [9.17, 15) is 4.79 Å². The van der Waals surface area contributed by atoms with E-state index in [1.54, 1.807) is 11.3 Å². The summed E-state index contributed by atoms with van der Waals surface area (Å²) in [6.45, 7) is 0. The van der Waals surface area contributed by atoms with E-state index in [1.165, 1.54) is 4.88 Å². The fourth-order valence-corrected chi connectivity index (χ4v) is 2.90. The second kappa shape index (κ2) is 5.94. The Balaban J connectivity index is 2.41. The van der Waals surface area contributed by atoms with Gasteiger partial charge in [0.2, 0.25) is 0 Å². The molecule has 0 radical (unpaired) electrons. The molecule has 1 heterocycles. The molecule has 0 aliphatic heterocycles. The number of ketones is 1. The lowest BCUT2D eigenvalue weighted by Crippen LogP contribution is -2.16. The van der Waals surface area contributed by atoms with Gasteiger partial charge in [-0.3, -0.25) is 4.79 Å². The molecule has 13 heavy (non-hydrogen) atoms. The van der Waals surface area contributed by atoms with Crippen molar-refractivity contribution in [2.75, 3.05) is 5.33 Å². The molecule has 0 aliphatic rings. The quantitative estimate of drug-likeness (QED) is 0.758. The first-order chi connectivity index (χ1) is 6.24. The third-order valence-corrected chi connectivity index (χ3v) is 3.78. The Bertz CT molecular complexity index is 259. The van der Waals surface area contributed by atoms with E-state index in [4.69, 9.17) is 0 Å². The summed E-state index contributed by atoms with van der Waals surface area (Å²) in [6.07, 6.45) is 1.41. The van der Waals surface area contributed by atoms with Gasteiger partial charge in [0, 0.05) is 23.0 Å². The molecular weight excluding hydrogens is 316 g/mol. The number of hydrogen-bond acceptors (Lipinski definition) is 2. The Morgan fingerprint density at radius 3 is 2.92 bits per heavy atom. The lowest BCUT2D eigenvalue weighted by Gasteiger charge is -2.05. The van der Waals surface area contributed by atoms with Crippen LogP contribution in [0.1, 0.15) is 11.3 Å². The Kier molecular flexibility index (Phi) is 5.21. The number of thiophene rings is 1. The number of halogens is 2. The van der Waals surface area contributed by atoms with Crippen LogP contribution in [-0.2, 0) is 11.2 Å². The first-order valence-electron chi connectivity index (χ1n) is 3.99. The highest BCUT2D eigenvalue weighted by Gasteiger charge is 2.14. The second-order valence-corrected chi connectivity index (χ2v) is 5.59. The van der Waals surface area contributed by atoms with Crippen molar-refractivity contribution < 1.29 is 4.79 Å². The maximum atomic E-state index is 11.4. The van der Waals surface area contributed by atoms with Crippen LogP contribution < -0.4 is 0 Å². The minimum Gasteiger partial charge on any atom is -0.298 e. The topological polar surface area (TPSA) is 17.1 Å². The van der Waals surface area contributed by atoms with Crippen LogP contribution in [0.2, 0.25) is 0 Å². The largest absolute Gasteiger partial charge is 0.298 e. The summed E-state index contributed by atoms with van der Waals surface area (Å²) in [4.78, 5) is 12.6. The van der Waals surface area contributed by atoms with Gasteiger partial charge in [-0.2, -0.15) is 0 Å². The van der Waals surface area contributed by atoms with Gasteiger partial charge in [-0.05, 0) is 11.4 Å². The predicted molar refractivity (Wildman–Crippen MR) is 64.2 cm³/mol. The number of carbonyl (C=O) groups excluding carboxylic acids is 1. The van der Waals surface area contributed by atoms with Gasteiger partial charge in [0.05, 0.1) is 4.83 Å². The molecule has 0 N–H and O–H groups in total. The number of Topliss-reactive ketones (excluding diaryl/α,β-unsaturated/α-hetero) is 1. The van der Waals surface area contributed by atoms with Crippen molar-refractivity contribution >= 4 is 49.0 Å². The van der Waals surface area contributed by atoms with Gasteiger partial charge < -0.3 is 0 Å². The summed E-state index contributed by atoms with van der Waals surface area (Å²) in [5.74, 6) is 0.269. The third-order valence-electron chi connectivity index (χ3n) is 1.65. The summed E-state index contributed by atoms with van der Waals surface area (Å²) < 4.78 is 0. The van der Waals surface area contributed by atoms with Crippen molar-refractivity contribution in [3.05, 3.63) is 22.4 Å². The van der Waals surface area contributed by atoms with E-state index in [0.29, 0.717) is 6.42 Å². The molecule has 0 spiro atoms. The zero-order valence-corrected chi connectivity index (χ0v) is 11.0. The van der Waals surface area contributed by atoms with Crippen molar-refractivity contribution in [3.63, 3.8) is 0 Å². The summed E-state index contributed by atoms with van der Waals surface area (Å²) in [5, 5.41) is 2.78. The third kappa shape index (κ3) is 3.92. The number of alkyl halides is 2. The Morgan fingerprint density at radius 2 is 2.38 bits per heavy atom. The molecule has 0 aromatic carbocycles. The molecule has 72 valence electrons. The number of hydrogen-bond donors (Lipinski definition) is 0. The molecule has 0 bridgehead atoms. The minimum absolute atomic E-state index is 0.0244. The number of carbonyl (C=O) groups is 1. The van der Waals surface area contributed by atoms with Crippen LogP contribution in [-0.4, -0.2) is 15.9 Å². The first-order valence-corrected chi connectivity index (χ1v) is 6.91.